The number of alkyl halides is 1. The van der Waals surface area contributed by atoms with E-state index in [-0.39, 0.29) is 18.0 Å². The van der Waals surface area contributed by atoms with Crippen molar-refractivity contribution in [1.82, 2.24) is 4.72 Å². The summed E-state index contributed by atoms with van der Waals surface area (Å²) < 4.78 is 31.7. The van der Waals surface area contributed by atoms with Gasteiger partial charge in [0.05, 0.1) is 11.5 Å². The topological polar surface area (TPSA) is 75.6 Å². The number of benzene rings is 1. The summed E-state index contributed by atoms with van der Waals surface area (Å²) in [6.45, 7) is 0.564. The molecule has 20 heavy (non-hydrogen) atoms. The van der Waals surface area contributed by atoms with Crippen LogP contribution in [0, 0.1) is 0 Å². The van der Waals surface area contributed by atoms with Crippen LogP contribution in [-0.4, -0.2) is 44.8 Å². The van der Waals surface area contributed by atoms with Crippen LogP contribution in [-0.2, 0) is 21.2 Å². The van der Waals surface area contributed by atoms with Crippen LogP contribution in [0.4, 0.5) is 0 Å². The number of hydrogen-bond donors (Lipinski definition) is 2. The zero-order chi connectivity index (χ0) is 14.6. The normalized spacial score (nSPS) is 23.1. The van der Waals surface area contributed by atoms with Crippen LogP contribution in [0.5, 0.6) is 0 Å². The average Bonchev–Trinajstić information content (AvgIpc) is 2.85. The first kappa shape index (κ1) is 15.7. The van der Waals surface area contributed by atoms with E-state index < -0.39 is 15.6 Å². The van der Waals surface area contributed by atoms with Crippen LogP contribution in [0.15, 0.2) is 29.2 Å². The summed E-state index contributed by atoms with van der Waals surface area (Å²) in [6.07, 6.45) is 1.14. The second kappa shape index (κ2) is 6.41. The van der Waals surface area contributed by atoms with Crippen molar-refractivity contribution < 1.29 is 18.3 Å². The number of rotatable bonds is 6. The summed E-state index contributed by atoms with van der Waals surface area (Å²) in [5.41, 5.74) is -0.118. The Kier molecular flexibility index (Phi) is 5.04. The fraction of sp³-hybridized carbons (Fsp3) is 0.538. The van der Waals surface area contributed by atoms with Gasteiger partial charge in [-0.05, 0) is 24.1 Å². The van der Waals surface area contributed by atoms with Gasteiger partial charge in [0.1, 0.15) is 5.60 Å². The Labute approximate surface area is 124 Å². The lowest BCUT2D eigenvalue weighted by molar-refractivity contribution is 0.0314. The molecule has 1 saturated heterocycles. The minimum absolute atomic E-state index is 0.0429. The summed E-state index contributed by atoms with van der Waals surface area (Å²) in [6, 6.07) is 6.56. The number of ether oxygens (including phenoxy) is 1. The fourth-order valence-corrected chi connectivity index (χ4v) is 3.33. The first-order valence-electron chi connectivity index (χ1n) is 6.40. The highest BCUT2D eigenvalue weighted by Gasteiger charge is 2.33. The van der Waals surface area contributed by atoms with E-state index >= 15 is 0 Å². The Morgan fingerprint density at radius 1 is 1.35 bits per heavy atom. The summed E-state index contributed by atoms with van der Waals surface area (Å²) in [7, 11) is -3.62. The van der Waals surface area contributed by atoms with E-state index in [1.807, 2.05) is 0 Å². The predicted molar refractivity (Wildman–Crippen MR) is 76.4 cm³/mol. The van der Waals surface area contributed by atoms with E-state index in [2.05, 4.69) is 4.72 Å². The lowest BCUT2D eigenvalue weighted by Gasteiger charge is -2.20. The quantitative estimate of drug-likeness (QED) is 0.764. The molecule has 0 radical (unpaired) electrons. The molecule has 0 saturated carbocycles. The maximum Gasteiger partial charge on any atom is 0.240 e. The van der Waals surface area contributed by atoms with Gasteiger partial charge in [-0.3, -0.25) is 0 Å². The monoisotopic (exact) mass is 319 g/mol. The summed E-state index contributed by atoms with van der Waals surface area (Å²) in [4.78, 5) is 0.179. The minimum Gasteiger partial charge on any atom is -0.386 e. The van der Waals surface area contributed by atoms with Crippen molar-refractivity contribution in [3.8, 4) is 0 Å². The van der Waals surface area contributed by atoms with Crippen LogP contribution < -0.4 is 4.72 Å². The van der Waals surface area contributed by atoms with Crippen molar-refractivity contribution in [2.75, 3.05) is 25.6 Å². The zero-order valence-corrected chi connectivity index (χ0v) is 12.6. The van der Waals surface area contributed by atoms with Crippen molar-refractivity contribution in [3.63, 3.8) is 0 Å². The molecule has 1 heterocycles. The standard InChI is InChI=1S/C13H18ClNO4S/c14-7-5-11-1-3-12(4-2-11)20(17,18)15-9-13(16)6-8-19-10-13/h1-4,15-16H,5-10H2. The Morgan fingerprint density at radius 2 is 2.05 bits per heavy atom. The van der Waals surface area contributed by atoms with E-state index in [9.17, 15) is 13.5 Å². The maximum atomic E-state index is 12.1. The van der Waals surface area contributed by atoms with Crippen LogP contribution >= 0.6 is 11.6 Å². The van der Waals surface area contributed by atoms with Gasteiger partial charge in [0, 0.05) is 25.5 Å². The van der Waals surface area contributed by atoms with Crippen molar-refractivity contribution in [1.29, 1.82) is 0 Å². The third-order valence-corrected chi connectivity index (χ3v) is 4.90. The predicted octanol–water partition coefficient (Wildman–Crippen LogP) is 0.898. The van der Waals surface area contributed by atoms with E-state index in [4.69, 9.17) is 16.3 Å². The first-order valence-corrected chi connectivity index (χ1v) is 8.42. The van der Waals surface area contributed by atoms with Crippen molar-refractivity contribution >= 4 is 21.6 Å². The Bertz CT molecular complexity index is 538. The molecular weight excluding hydrogens is 302 g/mol. The van der Waals surface area contributed by atoms with Crippen molar-refractivity contribution in [2.24, 2.45) is 0 Å². The lowest BCUT2D eigenvalue weighted by atomic mass is 10.1. The highest BCUT2D eigenvalue weighted by Crippen LogP contribution is 2.18. The number of hydrogen-bond acceptors (Lipinski definition) is 4. The minimum atomic E-state index is -3.62. The average molecular weight is 320 g/mol. The van der Waals surface area contributed by atoms with Gasteiger partial charge in [0.25, 0.3) is 0 Å². The van der Waals surface area contributed by atoms with E-state index in [0.29, 0.717) is 25.3 Å². The van der Waals surface area contributed by atoms with Gasteiger partial charge in [-0.25, -0.2) is 13.1 Å². The third-order valence-electron chi connectivity index (χ3n) is 3.29. The molecule has 1 aliphatic rings. The van der Waals surface area contributed by atoms with Gasteiger partial charge in [0.15, 0.2) is 0 Å². The van der Waals surface area contributed by atoms with Crippen LogP contribution in [0.25, 0.3) is 0 Å². The van der Waals surface area contributed by atoms with Crippen LogP contribution in [0.2, 0.25) is 0 Å². The van der Waals surface area contributed by atoms with Gasteiger partial charge in [-0.15, -0.1) is 11.6 Å². The molecule has 1 aliphatic heterocycles. The number of aryl methyl sites for hydroxylation is 1. The summed E-state index contributed by atoms with van der Waals surface area (Å²) in [5.74, 6) is 0.497. The maximum absolute atomic E-state index is 12.1. The number of halogens is 1. The van der Waals surface area contributed by atoms with E-state index in [1.165, 1.54) is 0 Å². The molecule has 112 valence electrons. The number of nitrogens with one attached hydrogen (secondary N) is 1. The highest BCUT2D eigenvalue weighted by atomic mass is 35.5. The van der Waals surface area contributed by atoms with Crippen molar-refractivity contribution in [3.05, 3.63) is 29.8 Å². The summed E-state index contributed by atoms with van der Waals surface area (Å²) >= 11 is 5.63. The molecule has 0 aliphatic carbocycles. The largest absolute Gasteiger partial charge is 0.386 e. The second-order valence-electron chi connectivity index (χ2n) is 4.93. The molecule has 1 aromatic rings. The van der Waals surface area contributed by atoms with Crippen LogP contribution in [0.1, 0.15) is 12.0 Å². The molecule has 1 aromatic carbocycles. The molecule has 2 N–H and O–H groups in total. The molecule has 0 bridgehead atoms. The summed E-state index contributed by atoms with van der Waals surface area (Å²) in [5, 5.41) is 10.0. The molecule has 0 aromatic heterocycles. The molecule has 1 fully saturated rings. The SMILES string of the molecule is O=S(=O)(NCC1(O)CCOC1)c1ccc(CCCl)cc1. The fourth-order valence-electron chi connectivity index (χ4n) is 1.99. The van der Waals surface area contributed by atoms with Gasteiger partial charge >= 0.3 is 0 Å². The lowest BCUT2D eigenvalue weighted by Crippen LogP contribution is -2.43. The Morgan fingerprint density at radius 3 is 2.60 bits per heavy atom. The molecule has 2 rings (SSSR count). The molecular formula is C13H18ClNO4S. The number of aliphatic hydroxyl groups is 1. The number of sulfonamides is 1. The molecule has 5 nitrogen and oxygen atoms in total. The van der Waals surface area contributed by atoms with Crippen molar-refractivity contribution in [2.45, 2.75) is 23.3 Å². The first-order chi connectivity index (χ1) is 9.45. The molecule has 0 amide bonds. The van der Waals surface area contributed by atoms with E-state index in [0.717, 1.165) is 5.56 Å². The van der Waals surface area contributed by atoms with Gasteiger partial charge in [0.2, 0.25) is 10.0 Å². The zero-order valence-electron chi connectivity index (χ0n) is 11.0. The Hall–Kier alpha value is -0.660. The van der Waals surface area contributed by atoms with Gasteiger partial charge < -0.3 is 9.84 Å². The smallest absolute Gasteiger partial charge is 0.240 e. The highest BCUT2D eigenvalue weighted by molar-refractivity contribution is 7.89. The molecule has 7 heteroatoms. The molecule has 0 spiro atoms. The second-order valence-corrected chi connectivity index (χ2v) is 7.08. The van der Waals surface area contributed by atoms with Gasteiger partial charge in [-0.2, -0.15) is 0 Å². The van der Waals surface area contributed by atoms with Gasteiger partial charge in [-0.1, -0.05) is 12.1 Å². The van der Waals surface area contributed by atoms with Crippen LogP contribution in [0.3, 0.4) is 0 Å². The Balaban J connectivity index is 2.02. The molecule has 1 atom stereocenters. The third kappa shape index (κ3) is 3.93. The van der Waals surface area contributed by atoms with E-state index in [1.54, 1.807) is 24.3 Å². The molecule has 1 unspecified atom stereocenters.